The number of carbonyl (C=O) groups is 4. The number of benzene rings is 2. The lowest BCUT2D eigenvalue weighted by molar-refractivity contribution is -0.144. The van der Waals surface area contributed by atoms with E-state index in [1.54, 1.807) is 55.5 Å². The number of imide groups is 1. The zero-order valence-electron chi connectivity index (χ0n) is 15.8. The Kier molecular flexibility index (Phi) is 6.19. The van der Waals surface area contributed by atoms with Crippen LogP contribution < -0.4 is 0 Å². The molecule has 148 valence electrons. The highest BCUT2D eigenvalue weighted by atomic mass is 16.5. The van der Waals surface area contributed by atoms with E-state index < -0.39 is 34.9 Å². The van der Waals surface area contributed by atoms with Gasteiger partial charge in [-0.25, -0.2) is 9.59 Å². The van der Waals surface area contributed by atoms with Crippen molar-refractivity contribution >= 4 is 23.8 Å². The predicted octanol–water partition coefficient (Wildman–Crippen LogP) is 2.16. The highest BCUT2D eigenvalue weighted by molar-refractivity contribution is 6.38. The Balaban J connectivity index is 1.80. The molecule has 29 heavy (non-hydrogen) atoms. The predicted molar refractivity (Wildman–Crippen MR) is 102 cm³/mol. The molecule has 0 fully saturated rings. The lowest BCUT2D eigenvalue weighted by Gasteiger charge is -2.11. The highest BCUT2D eigenvalue weighted by Gasteiger charge is 2.45. The summed E-state index contributed by atoms with van der Waals surface area (Å²) in [6, 6.07) is 17.7. The summed E-state index contributed by atoms with van der Waals surface area (Å²) in [6.45, 7) is 1.40. The van der Waals surface area contributed by atoms with Crippen LogP contribution in [0.5, 0.6) is 0 Å². The fourth-order valence-corrected chi connectivity index (χ4v) is 2.83. The molecule has 0 unspecified atom stereocenters. The van der Waals surface area contributed by atoms with Gasteiger partial charge in [-0.2, -0.15) is 0 Å². The SMILES string of the molecule is CCN1C(=O)C(C(=O)OCc2ccccc2)=C(C(=O)OCc2ccccc2)C1=O. The first-order chi connectivity index (χ1) is 14.0. The minimum Gasteiger partial charge on any atom is -0.457 e. The van der Waals surface area contributed by atoms with E-state index in [-0.39, 0.29) is 19.8 Å². The summed E-state index contributed by atoms with van der Waals surface area (Å²) in [6.07, 6.45) is 0. The average Bonchev–Trinajstić information content (AvgIpc) is 3.01. The molecule has 0 aliphatic carbocycles. The zero-order chi connectivity index (χ0) is 20.8. The number of nitrogens with zero attached hydrogens (tertiary/aromatic N) is 1. The van der Waals surface area contributed by atoms with Gasteiger partial charge in [0.15, 0.2) is 0 Å². The molecule has 0 radical (unpaired) electrons. The van der Waals surface area contributed by atoms with Gasteiger partial charge in [-0.05, 0) is 18.1 Å². The second-order valence-corrected chi connectivity index (χ2v) is 6.23. The van der Waals surface area contributed by atoms with Crippen LogP contribution in [0.3, 0.4) is 0 Å². The summed E-state index contributed by atoms with van der Waals surface area (Å²) in [5.41, 5.74) is 0.231. The molecular weight excluding hydrogens is 374 g/mol. The van der Waals surface area contributed by atoms with E-state index in [0.717, 1.165) is 4.90 Å². The van der Waals surface area contributed by atoms with Gasteiger partial charge in [-0.1, -0.05) is 60.7 Å². The van der Waals surface area contributed by atoms with Gasteiger partial charge in [0, 0.05) is 6.54 Å². The molecule has 1 aliphatic rings. The Hall–Kier alpha value is -3.74. The summed E-state index contributed by atoms with van der Waals surface area (Å²) in [7, 11) is 0. The summed E-state index contributed by atoms with van der Waals surface area (Å²) in [5.74, 6) is -3.78. The number of ether oxygens (including phenoxy) is 2. The molecule has 2 aromatic rings. The Morgan fingerprint density at radius 2 is 1.10 bits per heavy atom. The molecule has 1 heterocycles. The molecule has 0 spiro atoms. The summed E-state index contributed by atoms with van der Waals surface area (Å²) in [4.78, 5) is 50.9. The molecule has 7 heteroatoms. The largest absolute Gasteiger partial charge is 0.457 e. The van der Waals surface area contributed by atoms with Crippen molar-refractivity contribution < 1.29 is 28.7 Å². The van der Waals surface area contributed by atoms with Gasteiger partial charge in [0.1, 0.15) is 24.4 Å². The van der Waals surface area contributed by atoms with Crippen molar-refractivity contribution in [1.29, 1.82) is 0 Å². The maximum absolute atomic E-state index is 12.5. The molecule has 1 aliphatic heterocycles. The fourth-order valence-electron chi connectivity index (χ4n) is 2.83. The highest BCUT2D eigenvalue weighted by Crippen LogP contribution is 2.24. The molecule has 0 N–H and O–H groups in total. The number of amides is 2. The van der Waals surface area contributed by atoms with Crippen LogP contribution in [-0.4, -0.2) is 35.2 Å². The first-order valence-electron chi connectivity index (χ1n) is 9.05. The van der Waals surface area contributed by atoms with E-state index in [2.05, 4.69) is 0 Å². The van der Waals surface area contributed by atoms with E-state index in [1.165, 1.54) is 0 Å². The second kappa shape index (κ2) is 8.97. The third-order valence-corrected chi connectivity index (χ3v) is 4.32. The van der Waals surface area contributed by atoms with Crippen molar-refractivity contribution in [1.82, 2.24) is 4.90 Å². The third-order valence-electron chi connectivity index (χ3n) is 4.32. The summed E-state index contributed by atoms with van der Waals surface area (Å²) >= 11 is 0. The Morgan fingerprint density at radius 1 is 0.724 bits per heavy atom. The quantitative estimate of drug-likeness (QED) is 0.407. The van der Waals surface area contributed by atoms with Gasteiger partial charge in [0.2, 0.25) is 0 Å². The number of hydrogen-bond donors (Lipinski definition) is 0. The van der Waals surface area contributed by atoms with Gasteiger partial charge in [0.05, 0.1) is 0 Å². The third kappa shape index (κ3) is 4.40. The maximum atomic E-state index is 12.5. The van der Waals surface area contributed by atoms with E-state index in [1.807, 2.05) is 12.1 Å². The van der Waals surface area contributed by atoms with Crippen molar-refractivity contribution in [3.63, 3.8) is 0 Å². The van der Waals surface area contributed by atoms with Gasteiger partial charge >= 0.3 is 11.9 Å². The monoisotopic (exact) mass is 393 g/mol. The van der Waals surface area contributed by atoms with Crippen LogP contribution >= 0.6 is 0 Å². The van der Waals surface area contributed by atoms with Gasteiger partial charge in [0.25, 0.3) is 11.8 Å². The van der Waals surface area contributed by atoms with E-state index in [9.17, 15) is 19.2 Å². The minimum absolute atomic E-state index is 0.0165. The topological polar surface area (TPSA) is 90.0 Å². The van der Waals surface area contributed by atoms with Crippen LogP contribution in [-0.2, 0) is 41.9 Å². The fraction of sp³-hybridized carbons (Fsp3) is 0.182. The first-order valence-corrected chi connectivity index (χ1v) is 9.05. The molecule has 3 rings (SSSR count). The van der Waals surface area contributed by atoms with Crippen LogP contribution in [0.4, 0.5) is 0 Å². The lowest BCUT2D eigenvalue weighted by Crippen LogP contribution is -2.33. The van der Waals surface area contributed by atoms with Crippen molar-refractivity contribution in [2.75, 3.05) is 6.54 Å². The standard InChI is InChI=1S/C22H19NO6/c1-2-23-19(24)17(21(26)28-13-15-9-5-3-6-10-15)18(20(23)25)22(27)29-14-16-11-7-4-8-12-16/h3-12H,2,13-14H2,1H3. The molecule has 0 atom stereocenters. The van der Waals surface area contributed by atoms with Crippen LogP contribution in [0.15, 0.2) is 71.8 Å². The maximum Gasteiger partial charge on any atom is 0.345 e. The average molecular weight is 393 g/mol. The molecule has 2 aromatic carbocycles. The smallest absolute Gasteiger partial charge is 0.345 e. The summed E-state index contributed by atoms with van der Waals surface area (Å²) in [5, 5.41) is 0. The van der Waals surface area contributed by atoms with Gasteiger partial charge < -0.3 is 9.47 Å². The Labute approximate surface area is 167 Å². The number of likely N-dealkylation sites (N-methyl/N-ethyl adjacent to an activating group) is 1. The van der Waals surface area contributed by atoms with Gasteiger partial charge in [-0.3, -0.25) is 14.5 Å². The van der Waals surface area contributed by atoms with E-state index in [0.29, 0.717) is 11.1 Å². The van der Waals surface area contributed by atoms with Crippen LogP contribution in [0.1, 0.15) is 18.1 Å². The van der Waals surface area contributed by atoms with E-state index >= 15 is 0 Å². The Bertz CT molecular complexity index is 888. The first kappa shape index (κ1) is 20.0. The van der Waals surface area contributed by atoms with Crippen molar-refractivity contribution in [3.05, 3.63) is 82.9 Å². The second-order valence-electron chi connectivity index (χ2n) is 6.23. The lowest BCUT2D eigenvalue weighted by atomic mass is 10.1. The van der Waals surface area contributed by atoms with Crippen LogP contribution in [0.25, 0.3) is 0 Å². The normalized spacial score (nSPS) is 13.6. The van der Waals surface area contributed by atoms with Gasteiger partial charge in [-0.15, -0.1) is 0 Å². The molecule has 2 amide bonds. The van der Waals surface area contributed by atoms with Crippen molar-refractivity contribution in [2.45, 2.75) is 20.1 Å². The van der Waals surface area contributed by atoms with Crippen molar-refractivity contribution in [3.8, 4) is 0 Å². The molecular formula is C22H19NO6. The number of hydrogen-bond acceptors (Lipinski definition) is 6. The number of rotatable bonds is 7. The molecule has 0 saturated heterocycles. The van der Waals surface area contributed by atoms with E-state index in [4.69, 9.17) is 9.47 Å². The number of carbonyl (C=O) groups excluding carboxylic acids is 4. The molecule has 0 aromatic heterocycles. The Morgan fingerprint density at radius 3 is 1.45 bits per heavy atom. The zero-order valence-corrected chi connectivity index (χ0v) is 15.8. The molecule has 0 saturated carbocycles. The summed E-state index contributed by atoms with van der Waals surface area (Å²) < 4.78 is 10.3. The van der Waals surface area contributed by atoms with Crippen LogP contribution in [0, 0.1) is 0 Å². The molecule has 7 nitrogen and oxygen atoms in total. The minimum atomic E-state index is -1.03. The number of esters is 2. The van der Waals surface area contributed by atoms with Crippen molar-refractivity contribution in [2.24, 2.45) is 0 Å². The van der Waals surface area contributed by atoms with Crippen LogP contribution in [0.2, 0.25) is 0 Å². The molecule has 0 bridgehead atoms.